The van der Waals surface area contributed by atoms with Crippen LogP contribution in [0.5, 0.6) is 0 Å². The molecule has 1 amide bonds. The Kier molecular flexibility index (Phi) is 4.37. The summed E-state index contributed by atoms with van der Waals surface area (Å²) in [6.45, 7) is 7.32. The van der Waals surface area contributed by atoms with Crippen LogP contribution in [0.15, 0.2) is 0 Å². The molecule has 1 heterocycles. The Morgan fingerprint density at radius 1 is 1.20 bits per heavy atom. The highest BCUT2D eigenvalue weighted by molar-refractivity contribution is 5.81. The van der Waals surface area contributed by atoms with E-state index in [-0.39, 0.29) is 23.8 Å². The van der Waals surface area contributed by atoms with E-state index in [0.717, 1.165) is 13.1 Å². The van der Waals surface area contributed by atoms with Crippen molar-refractivity contribution in [1.29, 1.82) is 0 Å². The topological polar surface area (TPSA) is 58.6 Å². The second kappa shape index (κ2) is 5.72. The number of ether oxygens (including phenoxy) is 1. The second-order valence-electron chi connectivity index (χ2n) is 7.06. The molecule has 2 aliphatic rings. The Hall–Kier alpha value is -1.10. The lowest BCUT2D eigenvalue weighted by atomic mass is 9.91. The number of carbonyl (C=O) groups excluding carboxylic acids is 2. The number of hydrogen-bond acceptors (Lipinski definition) is 4. The van der Waals surface area contributed by atoms with Gasteiger partial charge in [-0.1, -0.05) is 20.8 Å². The number of methoxy groups -OCH3 is 1. The lowest BCUT2D eigenvalue weighted by Gasteiger charge is -2.38. The van der Waals surface area contributed by atoms with Crippen molar-refractivity contribution < 1.29 is 14.3 Å². The summed E-state index contributed by atoms with van der Waals surface area (Å²) in [5.41, 5.74) is -0.400. The van der Waals surface area contributed by atoms with E-state index in [2.05, 4.69) is 10.2 Å². The van der Waals surface area contributed by atoms with Crippen molar-refractivity contribution in [1.82, 2.24) is 10.2 Å². The van der Waals surface area contributed by atoms with Crippen LogP contribution in [-0.4, -0.2) is 49.1 Å². The Balaban J connectivity index is 2.00. The van der Waals surface area contributed by atoms with Gasteiger partial charge in [0.05, 0.1) is 13.0 Å². The first-order valence-corrected chi connectivity index (χ1v) is 7.44. The van der Waals surface area contributed by atoms with Gasteiger partial charge in [-0.05, 0) is 19.3 Å². The molecule has 2 atom stereocenters. The molecule has 114 valence electrons. The Labute approximate surface area is 121 Å². The zero-order chi connectivity index (χ0) is 14.9. The third-order valence-electron chi connectivity index (χ3n) is 4.09. The molecule has 0 radical (unpaired) electrons. The van der Waals surface area contributed by atoms with E-state index < -0.39 is 5.41 Å². The summed E-state index contributed by atoms with van der Waals surface area (Å²) in [4.78, 5) is 26.3. The lowest BCUT2D eigenvalue weighted by molar-refractivity contribution is -0.148. The van der Waals surface area contributed by atoms with Crippen LogP contribution in [-0.2, 0) is 14.3 Å². The van der Waals surface area contributed by atoms with E-state index in [1.807, 2.05) is 20.8 Å². The molecule has 1 saturated heterocycles. The van der Waals surface area contributed by atoms with Crippen molar-refractivity contribution in [2.75, 3.05) is 20.2 Å². The van der Waals surface area contributed by atoms with Crippen LogP contribution in [0.25, 0.3) is 0 Å². The van der Waals surface area contributed by atoms with Gasteiger partial charge in [-0.15, -0.1) is 0 Å². The Morgan fingerprint density at radius 2 is 1.85 bits per heavy atom. The fourth-order valence-corrected chi connectivity index (χ4v) is 2.71. The maximum atomic E-state index is 12.1. The number of nitrogens with one attached hydrogen (secondary N) is 1. The van der Waals surface area contributed by atoms with Crippen LogP contribution in [0.3, 0.4) is 0 Å². The number of hydrogen-bond donors (Lipinski definition) is 1. The molecule has 2 fully saturated rings. The van der Waals surface area contributed by atoms with Crippen molar-refractivity contribution in [2.24, 2.45) is 11.3 Å². The van der Waals surface area contributed by atoms with Crippen LogP contribution in [0.4, 0.5) is 0 Å². The molecule has 5 nitrogen and oxygen atoms in total. The first kappa shape index (κ1) is 15.3. The minimum Gasteiger partial charge on any atom is -0.469 e. The quantitative estimate of drug-likeness (QED) is 0.790. The minimum atomic E-state index is -0.400. The van der Waals surface area contributed by atoms with E-state index in [9.17, 15) is 9.59 Å². The van der Waals surface area contributed by atoms with Crippen LogP contribution in [0.2, 0.25) is 0 Å². The van der Waals surface area contributed by atoms with Gasteiger partial charge in [-0.2, -0.15) is 0 Å². The van der Waals surface area contributed by atoms with Gasteiger partial charge in [0.2, 0.25) is 5.91 Å². The number of nitrogens with zero attached hydrogens (tertiary/aromatic N) is 1. The van der Waals surface area contributed by atoms with Crippen LogP contribution >= 0.6 is 0 Å². The molecule has 5 heteroatoms. The van der Waals surface area contributed by atoms with Gasteiger partial charge >= 0.3 is 5.97 Å². The molecule has 2 unspecified atom stereocenters. The standard InChI is InChI=1S/C15H26N2O3/c1-15(2,3)14(19)16-11-7-10(13(18)20-4)8-17(9-11)12-5-6-12/h10-12H,5-9H2,1-4H3,(H,16,19). The molecule has 1 saturated carbocycles. The number of piperidine rings is 1. The molecular weight excluding hydrogens is 256 g/mol. The number of rotatable bonds is 3. The fourth-order valence-electron chi connectivity index (χ4n) is 2.71. The third-order valence-corrected chi connectivity index (χ3v) is 4.09. The number of amides is 1. The lowest BCUT2D eigenvalue weighted by Crippen LogP contribution is -2.54. The molecule has 2 rings (SSSR count). The van der Waals surface area contributed by atoms with Gasteiger partial charge in [-0.25, -0.2) is 0 Å². The molecule has 20 heavy (non-hydrogen) atoms. The fraction of sp³-hybridized carbons (Fsp3) is 0.867. The first-order chi connectivity index (χ1) is 9.31. The van der Waals surface area contributed by atoms with Crippen molar-refractivity contribution in [2.45, 2.75) is 52.1 Å². The van der Waals surface area contributed by atoms with E-state index in [1.54, 1.807) is 0 Å². The van der Waals surface area contributed by atoms with E-state index in [0.29, 0.717) is 12.5 Å². The molecule has 1 aliphatic heterocycles. The number of likely N-dealkylation sites (tertiary alicyclic amines) is 1. The van der Waals surface area contributed by atoms with Gasteiger partial charge in [0.1, 0.15) is 0 Å². The van der Waals surface area contributed by atoms with Crippen molar-refractivity contribution >= 4 is 11.9 Å². The Bertz CT molecular complexity index is 385. The summed E-state index contributed by atoms with van der Waals surface area (Å²) in [6, 6.07) is 0.636. The number of esters is 1. The van der Waals surface area contributed by atoms with Gasteiger partial charge in [0, 0.05) is 30.6 Å². The first-order valence-electron chi connectivity index (χ1n) is 7.44. The average molecular weight is 282 g/mol. The molecule has 0 aromatic carbocycles. The van der Waals surface area contributed by atoms with Gasteiger partial charge in [-0.3, -0.25) is 14.5 Å². The molecule has 0 bridgehead atoms. The summed E-state index contributed by atoms with van der Waals surface area (Å²) in [6.07, 6.45) is 3.08. The number of carbonyl (C=O) groups is 2. The largest absolute Gasteiger partial charge is 0.469 e. The summed E-state index contributed by atoms with van der Waals surface area (Å²) < 4.78 is 4.88. The summed E-state index contributed by atoms with van der Waals surface area (Å²) in [5.74, 6) is -0.242. The monoisotopic (exact) mass is 282 g/mol. The van der Waals surface area contributed by atoms with Crippen LogP contribution < -0.4 is 5.32 Å². The van der Waals surface area contributed by atoms with E-state index in [1.165, 1.54) is 20.0 Å². The normalized spacial score (nSPS) is 28.0. The van der Waals surface area contributed by atoms with Crippen molar-refractivity contribution in [3.8, 4) is 0 Å². The second-order valence-corrected chi connectivity index (χ2v) is 7.06. The highest BCUT2D eigenvalue weighted by Crippen LogP contribution is 2.31. The summed E-state index contributed by atoms with van der Waals surface area (Å²) in [7, 11) is 1.43. The molecule has 0 aromatic heterocycles. The molecule has 0 spiro atoms. The maximum absolute atomic E-state index is 12.1. The highest BCUT2D eigenvalue weighted by atomic mass is 16.5. The molecule has 1 aliphatic carbocycles. The van der Waals surface area contributed by atoms with Crippen LogP contribution in [0, 0.1) is 11.3 Å². The summed E-state index contributed by atoms with van der Waals surface area (Å²) in [5, 5.41) is 3.09. The van der Waals surface area contributed by atoms with Crippen LogP contribution in [0.1, 0.15) is 40.0 Å². The average Bonchev–Trinajstić information content (AvgIpc) is 3.20. The predicted octanol–water partition coefficient (Wildman–Crippen LogP) is 1.17. The molecular formula is C15H26N2O3. The minimum absolute atomic E-state index is 0.0418. The van der Waals surface area contributed by atoms with Gasteiger partial charge in [0.25, 0.3) is 0 Å². The molecule has 1 N–H and O–H groups in total. The predicted molar refractivity (Wildman–Crippen MR) is 76.1 cm³/mol. The van der Waals surface area contributed by atoms with E-state index in [4.69, 9.17) is 4.74 Å². The highest BCUT2D eigenvalue weighted by Gasteiger charge is 2.39. The zero-order valence-electron chi connectivity index (χ0n) is 12.9. The maximum Gasteiger partial charge on any atom is 0.310 e. The van der Waals surface area contributed by atoms with Gasteiger partial charge in [0.15, 0.2) is 0 Å². The van der Waals surface area contributed by atoms with Crippen molar-refractivity contribution in [3.63, 3.8) is 0 Å². The smallest absolute Gasteiger partial charge is 0.310 e. The Morgan fingerprint density at radius 3 is 2.35 bits per heavy atom. The summed E-state index contributed by atoms with van der Waals surface area (Å²) >= 11 is 0. The zero-order valence-corrected chi connectivity index (χ0v) is 12.9. The molecule has 0 aromatic rings. The van der Waals surface area contributed by atoms with Crippen molar-refractivity contribution in [3.05, 3.63) is 0 Å². The van der Waals surface area contributed by atoms with E-state index >= 15 is 0 Å². The third kappa shape index (κ3) is 3.72. The van der Waals surface area contributed by atoms with Gasteiger partial charge < -0.3 is 10.1 Å². The SMILES string of the molecule is COC(=O)C1CC(NC(=O)C(C)(C)C)CN(C2CC2)C1.